The molecular formula is C25H28N4O2. The van der Waals surface area contributed by atoms with Crippen LogP contribution in [0.2, 0.25) is 0 Å². The van der Waals surface area contributed by atoms with Gasteiger partial charge < -0.3 is 10.2 Å². The summed E-state index contributed by atoms with van der Waals surface area (Å²) >= 11 is 0. The van der Waals surface area contributed by atoms with Crippen molar-refractivity contribution in [2.75, 3.05) is 23.3 Å². The van der Waals surface area contributed by atoms with Crippen molar-refractivity contribution in [3.05, 3.63) is 87.8 Å². The monoisotopic (exact) mass is 416 g/mol. The lowest BCUT2D eigenvalue weighted by Gasteiger charge is -2.33. The standard InChI is InChI=1S/C25H28N4O2/c1-18-10-11-19(2)23(13-18)27-25(31)21-9-6-12-28(17-21)22-14-24(30)29(26-15-22)16-20-7-4-3-5-8-20/h3-5,7-8,10-11,13-15,21H,6,9,12,16-17H2,1-2H3,(H,27,31). The second-order valence-corrected chi connectivity index (χ2v) is 8.29. The molecule has 1 amide bonds. The molecule has 31 heavy (non-hydrogen) atoms. The van der Waals surface area contributed by atoms with Crippen molar-refractivity contribution in [2.24, 2.45) is 5.92 Å². The minimum atomic E-state index is -0.136. The number of nitrogens with one attached hydrogen (secondary N) is 1. The summed E-state index contributed by atoms with van der Waals surface area (Å²) < 4.78 is 1.47. The zero-order valence-electron chi connectivity index (χ0n) is 18.0. The molecule has 6 heteroatoms. The summed E-state index contributed by atoms with van der Waals surface area (Å²) in [7, 11) is 0. The maximum Gasteiger partial charge on any atom is 0.269 e. The minimum Gasteiger partial charge on any atom is -0.369 e. The lowest BCUT2D eigenvalue weighted by molar-refractivity contribution is -0.120. The minimum absolute atomic E-state index is 0.0313. The molecular weight excluding hydrogens is 388 g/mol. The summed E-state index contributed by atoms with van der Waals surface area (Å²) in [6, 6.07) is 17.5. The highest BCUT2D eigenvalue weighted by Crippen LogP contribution is 2.24. The molecule has 0 saturated carbocycles. The number of hydrogen-bond donors (Lipinski definition) is 1. The van der Waals surface area contributed by atoms with Gasteiger partial charge in [-0.25, -0.2) is 4.68 Å². The van der Waals surface area contributed by atoms with E-state index in [0.29, 0.717) is 13.1 Å². The van der Waals surface area contributed by atoms with Crippen molar-refractivity contribution in [3.8, 4) is 0 Å². The third kappa shape index (κ3) is 5.02. The molecule has 0 radical (unpaired) electrons. The number of nitrogens with zero attached hydrogens (tertiary/aromatic N) is 3. The maximum absolute atomic E-state index is 12.9. The summed E-state index contributed by atoms with van der Waals surface area (Å²) in [5.74, 6) is -0.0933. The van der Waals surface area contributed by atoms with Gasteiger partial charge in [0.05, 0.1) is 24.3 Å². The Morgan fingerprint density at radius 1 is 1.13 bits per heavy atom. The molecule has 6 nitrogen and oxygen atoms in total. The fourth-order valence-electron chi connectivity index (χ4n) is 4.00. The molecule has 2 heterocycles. The largest absolute Gasteiger partial charge is 0.369 e. The normalized spacial score (nSPS) is 16.2. The summed E-state index contributed by atoms with van der Waals surface area (Å²) in [5, 5.41) is 7.46. The molecule has 1 saturated heterocycles. The molecule has 1 fully saturated rings. The van der Waals surface area contributed by atoms with Crippen LogP contribution in [0.1, 0.15) is 29.5 Å². The van der Waals surface area contributed by atoms with E-state index in [2.05, 4.69) is 15.3 Å². The van der Waals surface area contributed by atoms with Crippen molar-refractivity contribution in [3.63, 3.8) is 0 Å². The number of amides is 1. The van der Waals surface area contributed by atoms with Gasteiger partial charge in [-0.05, 0) is 49.4 Å². The van der Waals surface area contributed by atoms with Crippen molar-refractivity contribution in [1.29, 1.82) is 0 Å². The topological polar surface area (TPSA) is 67.2 Å². The van der Waals surface area contributed by atoms with E-state index in [1.165, 1.54) is 4.68 Å². The second-order valence-electron chi connectivity index (χ2n) is 8.29. The Morgan fingerprint density at radius 2 is 1.94 bits per heavy atom. The third-order valence-electron chi connectivity index (χ3n) is 5.84. The molecule has 1 aliphatic heterocycles. The number of anilines is 2. The Balaban J connectivity index is 1.44. The quantitative estimate of drug-likeness (QED) is 0.688. The molecule has 3 aromatic rings. The lowest BCUT2D eigenvalue weighted by atomic mass is 9.96. The first kappa shape index (κ1) is 20.8. The van der Waals surface area contributed by atoms with Gasteiger partial charge in [0.25, 0.3) is 5.56 Å². The Hall–Kier alpha value is -3.41. The molecule has 1 unspecified atom stereocenters. The van der Waals surface area contributed by atoms with E-state index in [0.717, 1.165) is 47.5 Å². The number of aromatic nitrogens is 2. The fraction of sp³-hybridized carbons (Fsp3) is 0.320. The van der Waals surface area contributed by atoms with E-state index in [4.69, 9.17) is 0 Å². The van der Waals surface area contributed by atoms with E-state index in [1.807, 2.05) is 62.4 Å². The first-order valence-corrected chi connectivity index (χ1v) is 10.7. The number of aryl methyl sites for hydroxylation is 2. The van der Waals surface area contributed by atoms with Crippen LogP contribution >= 0.6 is 0 Å². The molecule has 160 valence electrons. The van der Waals surface area contributed by atoms with E-state index in [1.54, 1.807) is 12.3 Å². The Morgan fingerprint density at radius 3 is 2.71 bits per heavy atom. The number of carbonyl (C=O) groups excluding carboxylic acids is 1. The van der Waals surface area contributed by atoms with Gasteiger partial charge in [-0.1, -0.05) is 42.5 Å². The van der Waals surface area contributed by atoms with Crippen molar-refractivity contribution in [2.45, 2.75) is 33.2 Å². The van der Waals surface area contributed by atoms with Gasteiger partial charge >= 0.3 is 0 Å². The maximum atomic E-state index is 12.9. The molecule has 2 aromatic carbocycles. The Kier molecular flexibility index (Phi) is 6.16. The highest BCUT2D eigenvalue weighted by Gasteiger charge is 2.27. The van der Waals surface area contributed by atoms with Crippen LogP contribution in [0.5, 0.6) is 0 Å². The number of hydrogen-bond acceptors (Lipinski definition) is 4. The average molecular weight is 417 g/mol. The molecule has 1 atom stereocenters. The lowest BCUT2D eigenvalue weighted by Crippen LogP contribution is -2.41. The number of benzene rings is 2. The number of rotatable bonds is 5. The van der Waals surface area contributed by atoms with Gasteiger partial charge in [-0.15, -0.1) is 0 Å². The molecule has 1 aliphatic rings. The van der Waals surface area contributed by atoms with E-state index >= 15 is 0 Å². The van der Waals surface area contributed by atoms with Gasteiger partial charge in [-0.2, -0.15) is 5.10 Å². The van der Waals surface area contributed by atoms with Crippen LogP contribution in [-0.2, 0) is 11.3 Å². The van der Waals surface area contributed by atoms with Crippen LogP contribution in [0, 0.1) is 19.8 Å². The summed E-state index contributed by atoms with van der Waals surface area (Å²) in [4.78, 5) is 27.6. The summed E-state index contributed by atoms with van der Waals surface area (Å²) in [6.07, 6.45) is 3.47. The third-order valence-corrected chi connectivity index (χ3v) is 5.84. The smallest absolute Gasteiger partial charge is 0.269 e. The van der Waals surface area contributed by atoms with Crippen molar-refractivity contribution >= 4 is 17.3 Å². The highest BCUT2D eigenvalue weighted by atomic mass is 16.2. The zero-order chi connectivity index (χ0) is 21.8. The second kappa shape index (κ2) is 9.16. The predicted octanol–water partition coefficient (Wildman–Crippen LogP) is 3.76. The van der Waals surface area contributed by atoms with Crippen LogP contribution in [0.4, 0.5) is 11.4 Å². The average Bonchev–Trinajstić information content (AvgIpc) is 2.78. The van der Waals surface area contributed by atoms with Crippen LogP contribution in [0.15, 0.2) is 65.6 Å². The molecule has 0 spiro atoms. The van der Waals surface area contributed by atoms with Crippen molar-refractivity contribution in [1.82, 2.24) is 9.78 Å². The molecule has 1 aromatic heterocycles. The van der Waals surface area contributed by atoms with Crippen LogP contribution < -0.4 is 15.8 Å². The molecule has 4 rings (SSSR count). The van der Waals surface area contributed by atoms with Gasteiger partial charge in [0.15, 0.2) is 0 Å². The highest BCUT2D eigenvalue weighted by molar-refractivity contribution is 5.93. The molecule has 1 N–H and O–H groups in total. The van der Waals surface area contributed by atoms with E-state index < -0.39 is 0 Å². The summed E-state index contributed by atoms with van der Waals surface area (Å²) in [6.45, 7) is 5.86. The Bertz CT molecular complexity index is 1120. The van der Waals surface area contributed by atoms with Crippen LogP contribution in [0.25, 0.3) is 0 Å². The van der Waals surface area contributed by atoms with Crippen LogP contribution in [-0.4, -0.2) is 28.8 Å². The summed E-state index contributed by atoms with van der Waals surface area (Å²) in [5.41, 5.74) is 4.71. The van der Waals surface area contributed by atoms with Crippen molar-refractivity contribution < 1.29 is 4.79 Å². The van der Waals surface area contributed by atoms with Gasteiger partial charge in [0.2, 0.25) is 5.91 Å². The zero-order valence-corrected chi connectivity index (χ0v) is 18.0. The predicted molar refractivity (Wildman–Crippen MR) is 124 cm³/mol. The van der Waals surface area contributed by atoms with Crippen LogP contribution in [0.3, 0.4) is 0 Å². The fourth-order valence-corrected chi connectivity index (χ4v) is 4.00. The Labute approximate surface area is 182 Å². The van der Waals surface area contributed by atoms with Gasteiger partial charge in [-0.3, -0.25) is 9.59 Å². The first-order valence-electron chi connectivity index (χ1n) is 10.7. The number of piperidine rings is 1. The van der Waals surface area contributed by atoms with E-state index in [-0.39, 0.29) is 17.4 Å². The van der Waals surface area contributed by atoms with E-state index in [9.17, 15) is 9.59 Å². The first-order chi connectivity index (χ1) is 15.0. The van der Waals surface area contributed by atoms with Gasteiger partial charge in [0.1, 0.15) is 0 Å². The molecule has 0 bridgehead atoms. The molecule has 0 aliphatic carbocycles. The SMILES string of the molecule is Cc1ccc(C)c(NC(=O)C2CCCN(c3cnn(Cc4ccccc4)c(=O)c3)C2)c1. The van der Waals surface area contributed by atoms with Gasteiger partial charge in [0, 0.05) is 24.8 Å². The number of carbonyl (C=O) groups is 1.